The molecule has 2 amide bonds. The summed E-state index contributed by atoms with van der Waals surface area (Å²) in [4.78, 5) is 13.7. The molecule has 0 fully saturated rings. The predicted octanol–water partition coefficient (Wildman–Crippen LogP) is 2.62. The van der Waals surface area contributed by atoms with Crippen molar-refractivity contribution < 1.29 is 14.3 Å². The fraction of sp³-hybridized carbons (Fsp3) is 0.400. The van der Waals surface area contributed by atoms with Gasteiger partial charge in [-0.1, -0.05) is 23.7 Å². The summed E-state index contributed by atoms with van der Waals surface area (Å²) in [5.74, 6) is 0. The Kier molecular flexibility index (Phi) is 8.50. The van der Waals surface area contributed by atoms with Gasteiger partial charge < -0.3 is 19.7 Å². The lowest BCUT2D eigenvalue weighted by molar-refractivity contribution is 0.124. The number of carbonyl (C=O) groups excluding carboxylic acids is 1. The van der Waals surface area contributed by atoms with Crippen LogP contribution in [0, 0.1) is 0 Å². The van der Waals surface area contributed by atoms with Gasteiger partial charge in [-0.15, -0.1) is 0 Å². The molecule has 1 aromatic rings. The number of urea groups is 1. The molecule has 21 heavy (non-hydrogen) atoms. The molecular weight excluding hydrogens is 292 g/mol. The molecule has 0 spiro atoms. The van der Waals surface area contributed by atoms with E-state index in [1.807, 2.05) is 18.2 Å². The van der Waals surface area contributed by atoms with Gasteiger partial charge in [-0.2, -0.15) is 0 Å². The maximum atomic E-state index is 12.0. The van der Waals surface area contributed by atoms with E-state index in [1.165, 1.54) is 0 Å². The summed E-state index contributed by atoms with van der Waals surface area (Å²) in [5, 5.41) is 3.38. The molecule has 5 nitrogen and oxygen atoms in total. The standard InChI is InChI=1S/C15H21ClN2O3/c1-20-10-8-18(9-11-21-2)15(19)17-7-6-13-4-3-5-14(16)12-13/h3-7,12H,8-11H2,1-2H3,(H,17,19)/b7-6+. The molecule has 1 aromatic carbocycles. The Bertz CT molecular complexity index is 458. The van der Waals surface area contributed by atoms with Crippen LogP contribution >= 0.6 is 11.6 Å². The summed E-state index contributed by atoms with van der Waals surface area (Å²) < 4.78 is 9.99. The molecule has 0 radical (unpaired) electrons. The molecule has 0 saturated carbocycles. The van der Waals surface area contributed by atoms with Crippen molar-refractivity contribution in [3.63, 3.8) is 0 Å². The maximum absolute atomic E-state index is 12.0. The largest absolute Gasteiger partial charge is 0.383 e. The molecule has 0 aliphatic heterocycles. The molecular formula is C15H21ClN2O3. The summed E-state index contributed by atoms with van der Waals surface area (Å²) in [5.41, 5.74) is 0.920. The van der Waals surface area contributed by atoms with Gasteiger partial charge in [-0.25, -0.2) is 4.79 Å². The van der Waals surface area contributed by atoms with Gasteiger partial charge in [0.05, 0.1) is 13.2 Å². The quantitative estimate of drug-likeness (QED) is 0.803. The molecule has 0 atom stereocenters. The molecule has 0 unspecified atom stereocenters. The lowest BCUT2D eigenvalue weighted by Gasteiger charge is -2.21. The minimum Gasteiger partial charge on any atom is -0.383 e. The fourth-order valence-electron chi connectivity index (χ4n) is 1.63. The Morgan fingerprint density at radius 2 is 1.95 bits per heavy atom. The van der Waals surface area contributed by atoms with Crippen molar-refractivity contribution in [3.8, 4) is 0 Å². The van der Waals surface area contributed by atoms with Crippen LogP contribution in [0.15, 0.2) is 30.5 Å². The second kappa shape index (κ2) is 10.2. The Balaban J connectivity index is 2.51. The predicted molar refractivity (Wildman–Crippen MR) is 84.3 cm³/mol. The Hall–Kier alpha value is -1.56. The van der Waals surface area contributed by atoms with E-state index in [1.54, 1.807) is 37.5 Å². The van der Waals surface area contributed by atoms with Gasteiger partial charge >= 0.3 is 6.03 Å². The summed E-state index contributed by atoms with van der Waals surface area (Å²) in [6.45, 7) is 1.98. The van der Waals surface area contributed by atoms with Gasteiger partial charge in [0.2, 0.25) is 0 Å². The first kappa shape index (κ1) is 17.5. The van der Waals surface area contributed by atoms with E-state index < -0.39 is 0 Å². The average Bonchev–Trinajstić information content (AvgIpc) is 2.47. The molecule has 1 N–H and O–H groups in total. The van der Waals surface area contributed by atoms with Crippen molar-refractivity contribution in [2.45, 2.75) is 0 Å². The molecule has 0 aliphatic rings. The van der Waals surface area contributed by atoms with E-state index in [4.69, 9.17) is 21.1 Å². The van der Waals surface area contributed by atoms with Gasteiger partial charge in [0.1, 0.15) is 0 Å². The van der Waals surface area contributed by atoms with Crippen molar-refractivity contribution in [2.24, 2.45) is 0 Å². The van der Waals surface area contributed by atoms with Crippen LogP contribution in [0.2, 0.25) is 5.02 Å². The van der Waals surface area contributed by atoms with E-state index in [0.29, 0.717) is 31.3 Å². The number of benzene rings is 1. The third-order valence-corrected chi connectivity index (χ3v) is 2.98. The first-order chi connectivity index (χ1) is 10.2. The smallest absolute Gasteiger partial charge is 0.321 e. The number of halogens is 1. The molecule has 0 bridgehead atoms. The van der Waals surface area contributed by atoms with Gasteiger partial charge in [-0.3, -0.25) is 0 Å². The summed E-state index contributed by atoms with van der Waals surface area (Å²) in [6.07, 6.45) is 3.38. The average molecular weight is 313 g/mol. The third-order valence-electron chi connectivity index (χ3n) is 2.75. The number of hydrogen-bond donors (Lipinski definition) is 1. The van der Waals surface area contributed by atoms with Crippen molar-refractivity contribution in [3.05, 3.63) is 41.1 Å². The van der Waals surface area contributed by atoms with Crippen molar-refractivity contribution in [1.82, 2.24) is 10.2 Å². The van der Waals surface area contributed by atoms with Crippen LogP contribution in [0.25, 0.3) is 6.08 Å². The van der Waals surface area contributed by atoms with Gasteiger partial charge in [-0.05, 0) is 23.8 Å². The lowest BCUT2D eigenvalue weighted by Crippen LogP contribution is -2.41. The number of carbonyl (C=O) groups is 1. The van der Waals surface area contributed by atoms with E-state index in [2.05, 4.69) is 5.32 Å². The zero-order chi connectivity index (χ0) is 15.5. The Morgan fingerprint density at radius 1 is 1.29 bits per heavy atom. The number of ether oxygens (including phenoxy) is 2. The highest BCUT2D eigenvalue weighted by molar-refractivity contribution is 6.30. The van der Waals surface area contributed by atoms with Gasteiger partial charge in [0.15, 0.2) is 0 Å². The van der Waals surface area contributed by atoms with Crippen LogP contribution in [0.4, 0.5) is 4.79 Å². The second-order valence-corrected chi connectivity index (χ2v) is 4.75. The normalized spacial score (nSPS) is 10.8. The summed E-state index contributed by atoms with van der Waals surface area (Å²) in [7, 11) is 3.21. The molecule has 6 heteroatoms. The number of nitrogens with zero attached hydrogens (tertiary/aromatic N) is 1. The van der Waals surface area contributed by atoms with Gasteiger partial charge in [0, 0.05) is 38.5 Å². The second-order valence-electron chi connectivity index (χ2n) is 4.31. The monoisotopic (exact) mass is 312 g/mol. The van der Waals surface area contributed by atoms with Crippen LogP contribution in [0.3, 0.4) is 0 Å². The number of amides is 2. The highest BCUT2D eigenvalue weighted by atomic mass is 35.5. The highest BCUT2D eigenvalue weighted by Crippen LogP contribution is 2.11. The van der Waals surface area contributed by atoms with Crippen molar-refractivity contribution in [2.75, 3.05) is 40.5 Å². The Morgan fingerprint density at radius 3 is 2.52 bits per heavy atom. The van der Waals surface area contributed by atoms with Crippen LogP contribution in [0.1, 0.15) is 5.56 Å². The molecule has 0 aromatic heterocycles. The number of hydrogen-bond acceptors (Lipinski definition) is 3. The third kappa shape index (κ3) is 7.13. The lowest BCUT2D eigenvalue weighted by atomic mass is 10.2. The van der Waals surface area contributed by atoms with Crippen LogP contribution in [-0.4, -0.2) is 51.5 Å². The summed E-state index contributed by atoms with van der Waals surface area (Å²) in [6, 6.07) is 7.18. The highest BCUT2D eigenvalue weighted by Gasteiger charge is 2.10. The van der Waals surface area contributed by atoms with E-state index in [0.717, 1.165) is 5.56 Å². The molecule has 0 aliphatic carbocycles. The van der Waals surface area contributed by atoms with E-state index in [9.17, 15) is 4.79 Å². The Labute approximate surface area is 130 Å². The fourth-order valence-corrected chi connectivity index (χ4v) is 1.83. The zero-order valence-corrected chi connectivity index (χ0v) is 13.1. The molecule has 116 valence electrons. The van der Waals surface area contributed by atoms with Crippen molar-refractivity contribution in [1.29, 1.82) is 0 Å². The molecule has 1 rings (SSSR count). The molecule has 0 heterocycles. The topological polar surface area (TPSA) is 50.8 Å². The number of nitrogens with one attached hydrogen (secondary N) is 1. The maximum Gasteiger partial charge on any atom is 0.321 e. The number of rotatable bonds is 8. The van der Waals surface area contributed by atoms with Crippen LogP contribution < -0.4 is 5.32 Å². The zero-order valence-electron chi connectivity index (χ0n) is 12.3. The number of methoxy groups -OCH3 is 2. The van der Waals surface area contributed by atoms with E-state index >= 15 is 0 Å². The van der Waals surface area contributed by atoms with E-state index in [-0.39, 0.29) is 6.03 Å². The first-order valence-electron chi connectivity index (χ1n) is 6.63. The molecule has 0 saturated heterocycles. The van der Waals surface area contributed by atoms with Gasteiger partial charge in [0.25, 0.3) is 0 Å². The SMILES string of the molecule is COCCN(CCOC)C(=O)N/C=C/c1cccc(Cl)c1. The van der Waals surface area contributed by atoms with Crippen LogP contribution in [0.5, 0.6) is 0 Å². The minimum absolute atomic E-state index is 0.192. The first-order valence-corrected chi connectivity index (χ1v) is 7.00. The van der Waals surface area contributed by atoms with Crippen molar-refractivity contribution >= 4 is 23.7 Å². The van der Waals surface area contributed by atoms with Crippen LogP contribution in [-0.2, 0) is 9.47 Å². The minimum atomic E-state index is -0.192. The summed E-state index contributed by atoms with van der Waals surface area (Å²) >= 11 is 5.89.